The van der Waals surface area contributed by atoms with E-state index in [0.29, 0.717) is 5.56 Å². The van der Waals surface area contributed by atoms with E-state index < -0.39 is 0 Å². The molecule has 0 saturated carbocycles. The molecular weight excluding hydrogens is 211 g/mol. The maximum absolute atomic E-state index is 13.5. The molecule has 0 saturated heterocycles. The van der Waals surface area contributed by atoms with Crippen LogP contribution in [0.2, 0.25) is 0 Å². The van der Waals surface area contributed by atoms with Crippen LogP contribution < -0.4 is 0 Å². The number of aliphatic hydroxyl groups excluding tert-OH is 1. The Morgan fingerprint density at radius 1 is 1.27 bits per heavy atom. The normalized spacial score (nSPS) is 10.6. The third-order valence-corrected chi connectivity index (χ3v) is 3.32. The van der Waals surface area contributed by atoms with Crippen molar-refractivity contribution in [3.63, 3.8) is 0 Å². The number of benzene rings is 1. The molecule has 1 heterocycles. The van der Waals surface area contributed by atoms with Crippen LogP contribution in [0, 0.1) is 12.7 Å². The molecule has 0 unspecified atom stereocenters. The fraction of sp³-hybridized carbons (Fsp3) is 0.167. The van der Waals surface area contributed by atoms with Gasteiger partial charge in [-0.15, -0.1) is 11.3 Å². The summed E-state index contributed by atoms with van der Waals surface area (Å²) in [6.07, 6.45) is 0. The van der Waals surface area contributed by atoms with Gasteiger partial charge in [-0.1, -0.05) is 18.2 Å². The van der Waals surface area contributed by atoms with E-state index in [1.165, 1.54) is 17.4 Å². The first-order chi connectivity index (χ1) is 7.22. The summed E-state index contributed by atoms with van der Waals surface area (Å²) < 4.78 is 13.5. The summed E-state index contributed by atoms with van der Waals surface area (Å²) in [5, 5.41) is 9.01. The Labute approximate surface area is 91.8 Å². The van der Waals surface area contributed by atoms with E-state index in [2.05, 4.69) is 0 Å². The third-order valence-electron chi connectivity index (χ3n) is 2.29. The van der Waals surface area contributed by atoms with Crippen LogP contribution in [-0.2, 0) is 6.61 Å². The lowest BCUT2D eigenvalue weighted by Crippen LogP contribution is -1.82. The zero-order valence-electron chi connectivity index (χ0n) is 8.33. The SMILES string of the molecule is Cc1sc(CO)cc1-c1ccccc1F. The second kappa shape index (κ2) is 4.13. The topological polar surface area (TPSA) is 20.2 Å². The van der Waals surface area contributed by atoms with Crippen LogP contribution in [0.25, 0.3) is 11.1 Å². The zero-order valence-corrected chi connectivity index (χ0v) is 9.14. The molecular formula is C12H11FOS. The van der Waals surface area contributed by atoms with Crippen molar-refractivity contribution < 1.29 is 9.50 Å². The molecule has 1 aromatic carbocycles. The minimum Gasteiger partial charge on any atom is -0.391 e. The van der Waals surface area contributed by atoms with Gasteiger partial charge < -0.3 is 5.11 Å². The summed E-state index contributed by atoms with van der Waals surface area (Å²) in [5.41, 5.74) is 1.48. The van der Waals surface area contributed by atoms with E-state index >= 15 is 0 Å². The van der Waals surface area contributed by atoms with Gasteiger partial charge in [-0.05, 0) is 24.6 Å². The van der Waals surface area contributed by atoms with Gasteiger partial charge in [0.1, 0.15) is 5.82 Å². The fourth-order valence-electron chi connectivity index (χ4n) is 1.57. The highest BCUT2D eigenvalue weighted by atomic mass is 32.1. The van der Waals surface area contributed by atoms with Crippen LogP contribution in [0.4, 0.5) is 4.39 Å². The quantitative estimate of drug-likeness (QED) is 0.826. The molecule has 0 fully saturated rings. The van der Waals surface area contributed by atoms with Crippen molar-refractivity contribution in [2.75, 3.05) is 0 Å². The van der Waals surface area contributed by atoms with Crippen LogP contribution in [0.15, 0.2) is 30.3 Å². The number of hydrogen-bond acceptors (Lipinski definition) is 2. The number of rotatable bonds is 2. The smallest absolute Gasteiger partial charge is 0.131 e. The minimum atomic E-state index is -0.220. The molecule has 0 aliphatic rings. The van der Waals surface area contributed by atoms with Gasteiger partial charge >= 0.3 is 0 Å². The summed E-state index contributed by atoms with van der Waals surface area (Å²) >= 11 is 1.50. The van der Waals surface area contributed by atoms with Crippen LogP contribution in [-0.4, -0.2) is 5.11 Å². The van der Waals surface area contributed by atoms with Crippen LogP contribution in [0.3, 0.4) is 0 Å². The molecule has 3 heteroatoms. The predicted molar refractivity (Wildman–Crippen MR) is 60.4 cm³/mol. The predicted octanol–water partition coefficient (Wildman–Crippen LogP) is 3.35. The molecule has 1 aromatic heterocycles. The second-order valence-electron chi connectivity index (χ2n) is 3.32. The molecule has 0 amide bonds. The maximum atomic E-state index is 13.5. The lowest BCUT2D eigenvalue weighted by molar-refractivity contribution is 0.285. The molecule has 1 nitrogen and oxygen atoms in total. The van der Waals surface area contributed by atoms with Crippen molar-refractivity contribution in [3.8, 4) is 11.1 Å². The van der Waals surface area contributed by atoms with Crippen molar-refractivity contribution >= 4 is 11.3 Å². The van der Waals surface area contributed by atoms with Crippen molar-refractivity contribution in [2.24, 2.45) is 0 Å². The Hall–Kier alpha value is -1.19. The minimum absolute atomic E-state index is 0.0138. The highest BCUT2D eigenvalue weighted by Gasteiger charge is 2.10. The number of aryl methyl sites for hydroxylation is 1. The molecule has 0 spiro atoms. The Morgan fingerprint density at radius 2 is 2.00 bits per heavy atom. The Balaban J connectivity index is 2.54. The summed E-state index contributed by atoms with van der Waals surface area (Å²) in [6, 6.07) is 8.54. The Morgan fingerprint density at radius 3 is 2.60 bits per heavy atom. The molecule has 0 bridgehead atoms. The van der Waals surface area contributed by atoms with Crippen LogP contribution >= 0.6 is 11.3 Å². The molecule has 0 aliphatic carbocycles. The highest BCUT2D eigenvalue weighted by Crippen LogP contribution is 2.32. The van der Waals surface area contributed by atoms with Gasteiger partial charge in [0.15, 0.2) is 0 Å². The highest BCUT2D eigenvalue weighted by molar-refractivity contribution is 7.12. The molecule has 0 atom stereocenters. The molecule has 15 heavy (non-hydrogen) atoms. The van der Waals surface area contributed by atoms with Crippen LogP contribution in [0.1, 0.15) is 9.75 Å². The molecule has 2 rings (SSSR count). The maximum Gasteiger partial charge on any atom is 0.131 e. The van der Waals surface area contributed by atoms with Gasteiger partial charge in [0.05, 0.1) is 6.61 Å². The lowest BCUT2D eigenvalue weighted by atomic mass is 10.1. The molecule has 1 N–H and O–H groups in total. The summed E-state index contributed by atoms with van der Waals surface area (Å²) in [4.78, 5) is 1.90. The summed E-state index contributed by atoms with van der Waals surface area (Å²) in [6.45, 7) is 1.95. The molecule has 78 valence electrons. The Bertz CT molecular complexity index is 476. The van der Waals surface area contributed by atoms with E-state index in [9.17, 15) is 4.39 Å². The van der Waals surface area contributed by atoms with E-state index in [1.807, 2.05) is 19.1 Å². The van der Waals surface area contributed by atoms with Gasteiger partial charge in [-0.3, -0.25) is 0 Å². The average Bonchev–Trinajstić information content (AvgIpc) is 2.60. The standard InChI is InChI=1S/C12H11FOS/c1-8-11(6-9(7-14)15-8)10-4-2-3-5-12(10)13/h2-6,14H,7H2,1H3. The van der Waals surface area contributed by atoms with Crippen molar-refractivity contribution in [2.45, 2.75) is 13.5 Å². The van der Waals surface area contributed by atoms with E-state index in [4.69, 9.17) is 5.11 Å². The van der Waals surface area contributed by atoms with Gasteiger partial charge in [-0.25, -0.2) is 4.39 Å². The van der Waals surface area contributed by atoms with Crippen LogP contribution in [0.5, 0.6) is 0 Å². The van der Waals surface area contributed by atoms with E-state index in [-0.39, 0.29) is 12.4 Å². The summed E-state index contributed by atoms with van der Waals surface area (Å²) in [7, 11) is 0. The third kappa shape index (κ3) is 1.94. The largest absolute Gasteiger partial charge is 0.391 e. The van der Waals surface area contributed by atoms with Crippen molar-refractivity contribution in [3.05, 3.63) is 45.9 Å². The second-order valence-corrected chi connectivity index (χ2v) is 4.66. The number of aliphatic hydroxyl groups is 1. The lowest BCUT2D eigenvalue weighted by Gasteiger charge is -2.00. The number of hydrogen-bond donors (Lipinski definition) is 1. The first kappa shape index (κ1) is 10.3. The van der Waals surface area contributed by atoms with E-state index in [1.54, 1.807) is 12.1 Å². The monoisotopic (exact) mass is 222 g/mol. The van der Waals surface area contributed by atoms with Gasteiger partial charge in [0, 0.05) is 15.3 Å². The average molecular weight is 222 g/mol. The molecule has 2 aromatic rings. The van der Waals surface area contributed by atoms with Gasteiger partial charge in [0.25, 0.3) is 0 Å². The van der Waals surface area contributed by atoms with Crippen molar-refractivity contribution in [1.29, 1.82) is 0 Å². The zero-order chi connectivity index (χ0) is 10.8. The first-order valence-electron chi connectivity index (χ1n) is 4.67. The van der Waals surface area contributed by atoms with Gasteiger partial charge in [0.2, 0.25) is 0 Å². The fourth-order valence-corrected chi connectivity index (χ4v) is 2.48. The first-order valence-corrected chi connectivity index (χ1v) is 5.49. The number of thiophene rings is 1. The molecule has 0 aliphatic heterocycles. The summed E-state index contributed by atoms with van der Waals surface area (Å²) in [5.74, 6) is -0.220. The van der Waals surface area contributed by atoms with Crippen molar-refractivity contribution in [1.82, 2.24) is 0 Å². The van der Waals surface area contributed by atoms with E-state index in [0.717, 1.165) is 15.3 Å². The number of halogens is 1. The Kier molecular flexibility index (Phi) is 2.84. The van der Waals surface area contributed by atoms with Gasteiger partial charge in [-0.2, -0.15) is 0 Å². The molecule has 0 radical (unpaired) electrons.